The highest BCUT2D eigenvalue weighted by Gasteiger charge is 1.77. The third kappa shape index (κ3) is 5.50. The van der Waals surface area contributed by atoms with Gasteiger partial charge in [-0.05, 0) is 14.0 Å². The molecular formula is C5H11NO. The van der Waals surface area contributed by atoms with E-state index in [1.807, 2.05) is 14.0 Å². The minimum atomic E-state index is 0.551. The molecule has 0 bridgehead atoms. The van der Waals surface area contributed by atoms with Crippen molar-refractivity contribution in [2.75, 3.05) is 13.8 Å². The summed E-state index contributed by atoms with van der Waals surface area (Å²) in [5.74, 6) is 0.745. The molecule has 42 valence electrons. The summed E-state index contributed by atoms with van der Waals surface area (Å²) in [6.07, 6.45) is 0. The predicted molar refractivity (Wildman–Crippen MR) is 29.8 cm³/mol. The molecular weight excluding hydrogens is 90.1 g/mol. The molecule has 0 spiro atoms. The molecule has 0 unspecified atom stereocenters. The Labute approximate surface area is 44.2 Å². The van der Waals surface area contributed by atoms with Crippen LogP contribution >= 0.6 is 0 Å². The van der Waals surface area contributed by atoms with Crippen LogP contribution in [0.2, 0.25) is 0 Å². The lowest BCUT2D eigenvalue weighted by atomic mass is 10.7. The van der Waals surface area contributed by atoms with Gasteiger partial charge in [0.25, 0.3) is 0 Å². The van der Waals surface area contributed by atoms with Gasteiger partial charge in [-0.15, -0.1) is 0 Å². The van der Waals surface area contributed by atoms with Crippen LogP contribution in [0.25, 0.3) is 0 Å². The van der Waals surface area contributed by atoms with Gasteiger partial charge >= 0.3 is 0 Å². The van der Waals surface area contributed by atoms with Crippen LogP contribution in [0.4, 0.5) is 0 Å². The van der Waals surface area contributed by atoms with Crippen molar-refractivity contribution in [3.8, 4) is 0 Å². The molecule has 0 atom stereocenters. The first kappa shape index (κ1) is 6.50. The van der Waals surface area contributed by atoms with Gasteiger partial charge in [-0.2, -0.15) is 0 Å². The van der Waals surface area contributed by atoms with Crippen LogP contribution in [-0.2, 0) is 4.74 Å². The van der Waals surface area contributed by atoms with Crippen molar-refractivity contribution in [2.24, 2.45) is 0 Å². The molecule has 0 aromatic heterocycles. The van der Waals surface area contributed by atoms with E-state index >= 15 is 0 Å². The smallest absolute Gasteiger partial charge is 0.138 e. The summed E-state index contributed by atoms with van der Waals surface area (Å²) in [4.78, 5) is 0. The van der Waals surface area contributed by atoms with Crippen molar-refractivity contribution in [2.45, 2.75) is 6.92 Å². The Hall–Kier alpha value is -0.500. The molecule has 0 heterocycles. The predicted octanol–water partition coefficient (Wildman–Crippen LogP) is 0.714. The first-order chi connectivity index (χ1) is 3.27. The van der Waals surface area contributed by atoms with Crippen LogP contribution in [-0.4, -0.2) is 13.8 Å². The van der Waals surface area contributed by atoms with Gasteiger partial charge in [0.1, 0.15) is 6.73 Å². The van der Waals surface area contributed by atoms with E-state index in [2.05, 4.69) is 11.9 Å². The lowest BCUT2D eigenvalue weighted by Gasteiger charge is -2.00. The summed E-state index contributed by atoms with van der Waals surface area (Å²) in [5.41, 5.74) is 0. The Morgan fingerprint density at radius 3 is 2.57 bits per heavy atom. The molecule has 7 heavy (non-hydrogen) atoms. The van der Waals surface area contributed by atoms with Crippen LogP contribution in [0.5, 0.6) is 0 Å². The van der Waals surface area contributed by atoms with E-state index in [0.29, 0.717) is 6.73 Å². The summed E-state index contributed by atoms with van der Waals surface area (Å²) in [7, 11) is 1.82. The highest BCUT2D eigenvalue weighted by atomic mass is 16.5. The topological polar surface area (TPSA) is 21.3 Å². The standard InChI is InChI=1S/C5H11NO/c1-5(2)7-4-6-3/h6H,1,4H2,2-3H3. The fourth-order valence-electron chi connectivity index (χ4n) is 0.195. The summed E-state index contributed by atoms with van der Waals surface area (Å²) in [6, 6.07) is 0. The van der Waals surface area contributed by atoms with Crippen molar-refractivity contribution in [3.05, 3.63) is 12.3 Å². The Morgan fingerprint density at radius 1 is 1.86 bits per heavy atom. The molecule has 2 heteroatoms. The normalized spacial score (nSPS) is 8.29. The van der Waals surface area contributed by atoms with E-state index in [1.54, 1.807) is 0 Å². The van der Waals surface area contributed by atoms with Gasteiger partial charge in [-0.1, -0.05) is 6.58 Å². The molecule has 0 rings (SSSR count). The molecule has 0 aliphatic carbocycles. The average Bonchev–Trinajstić information content (AvgIpc) is 1.61. The van der Waals surface area contributed by atoms with E-state index < -0.39 is 0 Å². The molecule has 1 N–H and O–H groups in total. The van der Waals surface area contributed by atoms with E-state index in [-0.39, 0.29) is 0 Å². The second kappa shape index (κ2) is 3.68. The van der Waals surface area contributed by atoms with Crippen LogP contribution in [0.3, 0.4) is 0 Å². The summed E-state index contributed by atoms with van der Waals surface area (Å²) < 4.78 is 4.89. The van der Waals surface area contributed by atoms with Gasteiger partial charge < -0.3 is 4.74 Å². The summed E-state index contributed by atoms with van der Waals surface area (Å²) in [6.45, 7) is 5.90. The molecule has 0 aromatic rings. The number of nitrogens with one attached hydrogen (secondary N) is 1. The van der Waals surface area contributed by atoms with Crippen molar-refractivity contribution in [3.63, 3.8) is 0 Å². The monoisotopic (exact) mass is 101 g/mol. The van der Waals surface area contributed by atoms with Crippen LogP contribution in [0, 0.1) is 0 Å². The van der Waals surface area contributed by atoms with E-state index in [0.717, 1.165) is 5.76 Å². The molecule has 0 fully saturated rings. The van der Waals surface area contributed by atoms with Crippen LogP contribution in [0.15, 0.2) is 12.3 Å². The number of allylic oxidation sites excluding steroid dienone is 1. The van der Waals surface area contributed by atoms with E-state index in [1.165, 1.54) is 0 Å². The maximum atomic E-state index is 4.89. The molecule has 0 radical (unpaired) electrons. The maximum absolute atomic E-state index is 4.89. The van der Waals surface area contributed by atoms with Gasteiger partial charge in [0.15, 0.2) is 0 Å². The second-order valence-corrected chi connectivity index (χ2v) is 1.34. The van der Waals surface area contributed by atoms with Crippen molar-refractivity contribution in [1.82, 2.24) is 5.32 Å². The molecule has 0 aliphatic rings. The Balaban J connectivity index is 2.82. The Kier molecular flexibility index (Phi) is 3.42. The van der Waals surface area contributed by atoms with E-state index in [9.17, 15) is 0 Å². The lowest BCUT2D eigenvalue weighted by molar-refractivity contribution is 0.199. The van der Waals surface area contributed by atoms with E-state index in [4.69, 9.17) is 4.74 Å². The number of hydrogen-bond donors (Lipinski definition) is 1. The molecule has 0 saturated heterocycles. The minimum Gasteiger partial charge on any atom is -0.484 e. The van der Waals surface area contributed by atoms with Crippen LogP contribution < -0.4 is 5.32 Å². The molecule has 0 aromatic carbocycles. The van der Waals surface area contributed by atoms with Crippen molar-refractivity contribution in [1.29, 1.82) is 0 Å². The van der Waals surface area contributed by atoms with Gasteiger partial charge in [-0.3, -0.25) is 5.32 Å². The largest absolute Gasteiger partial charge is 0.484 e. The van der Waals surface area contributed by atoms with Crippen molar-refractivity contribution >= 4 is 0 Å². The molecule has 0 aliphatic heterocycles. The quantitative estimate of drug-likeness (QED) is 0.417. The van der Waals surface area contributed by atoms with Gasteiger partial charge in [0, 0.05) is 0 Å². The Morgan fingerprint density at radius 2 is 2.43 bits per heavy atom. The first-order valence-electron chi connectivity index (χ1n) is 2.20. The fraction of sp³-hybridized carbons (Fsp3) is 0.600. The highest BCUT2D eigenvalue weighted by Crippen LogP contribution is 1.84. The minimum absolute atomic E-state index is 0.551. The molecule has 2 nitrogen and oxygen atoms in total. The first-order valence-corrected chi connectivity index (χ1v) is 2.20. The third-order valence-corrected chi connectivity index (χ3v) is 0.463. The summed E-state index contributed by atoms with van der Waals surface area (Å²) >= 11 is 0. The zero-order chi connectivity index (χ0) is 5.70. The molecule has 0 amide bonds. The van der Waals surface area contributed by atoms with Gasteiger partial charge in [0.05, 0.1) is 5.76 Å². The number of hydrogen-bond acceptors (Lipinski definition) is 2. The number of ether oxygens (including phenoxy) is 1. The second-order valence-electron chi connectivity index (χ2n) is 1.34. The average molecular weight is 101 g/mol. The lowest BCUT2D eigenvalue weighted by Crippen LogP contribution is -2.09. The maximum Gasteiger partial charge on any atom is 0.138 e. The zero-order valence-corrected chi connectivity index (χ0v) is 4.82. The molecule has 0 saturated carbocycles. The fourth-order valence-corrected chi connectivity index (χ4v) is 0.195. The summed E-state index contributed by atoms with van der Waals surface area (Å²) in [5, 5.41) is 2.82. The number of rotatable bonds is 3. The SMILES string of the molecule is C=C(C)OCNC. The van der Waals surface area contributed by atoms with Gasteiger partial charge in [0.2, 0.25) is 0 Å². The highest BCUT2D eigenvalue weighted by molar-refractivity contribution is 4.72. The van der Waals surface area contributed by atoms with Crippen LogP contribution in [0.1, 0.15) is 6.92 Å². The van der Waals surface area contributed by atoms with Gasteiger partial charge in [-0.25, -0.2) is 0 Å². The van der Waals surface area contributed by atoms with Crippen molar-refractivity contribution < 1.29 is 4.74 Å². The Bertz CT molecular complexity index is 61.1. The third-order valence-electron chi connectivity index (χ3n) is 0.463. The zero-order valence-electron chi connectivity index (χ0n) is 4.82.